The summed E-state index contributed by atoms with van der Waals surface area (Å²) in [7, 11) is 3.80. The molecule has 28 heavy (non-hydrogen) atoms. The summed E-state index contributed by atoms with van der Waals surface area (Å²) in [4.78, 5) is 6.25. The first-order valence-corrected chi connectivity index (χ1v) is 9.69. The molecule has 1 aromatic heterocycles. The van der Waals surface area contributed by atoms with Crippen LogP contribution >= 0.6 is 23.1 Å². The summed E-state index contributed by atoms with van der Waals surface area (Å²) in [6, 6.07) is 13.7. The fourth-order valence-corrected chi connectivity index (χ4v) is 3.50. The predicted molar refractivity (Wildman–Crippen MR) is 115 cm³/mol. The quantitative estimate of drug-likeness (QED) is 0.384. The molecule has 0 saturated carbocycles. The first-order chi connectivity index (χ1) is 13.4. The van der Waals surface area contributed by atoms with Gasteiger partial charge in [0.2, 0.25) is 5.06 Å². The monoisotopic (exact) mass is 410 g/mol. The molecule has 0 aliphatic rings. The molecule has 7 heteroatoms. The van der Waals surface area contributed by atoms with Gasteiger partial charge in [0.05, 0.1) is 17.0 Å². The number of benzene rings is 2. The lowest BCUT2D eigenvalue weighted by atomic mass is 10.1. The van der Waals surface area contributed by atoms with Crippen LogP contribution in [0.5, 0.6) is 10.8 Å². The van der Waals surface area contributed by atoms with Crippen molar-refractivity contribution in [2.24, 2.45) is 4.99 Å². The lowest BCUT2D eigenvalue weighted by molar-refractivity contribution is 0.495. The van der Waals surface area contributed by atoms with Crippen molar-refractivity contribution in [2.45, 2.75) is 13.8 Å². The molecule has 1 heterocycles. The van der Waals surface area contributed by atoms with Crippen molar-refractivity contribution in [2.75, 3.05) is 14.1 Å². The number of aliphatic imine (C=N–C) groups is 1. The van der Waals surface area contributed by atoms with Gasteiger partial charge in [-0.05, 0) is 37.6 Å². The third-order valence-corrected chi connectivity index (χ3v) is 4.97. The summed E-state index contributed by atoms with van der Waals surface area (Å²) in [6.07, 6.45) is 1.71. The molecular weight excluding hydrogens is 392 g/mol. The van der Waals surface area contributed by atoms with E-state index in [0.29, 0.717) is 27.1 Å². The number of ether oxygens (including phenoxy) is 1. The Morgan fingerprint density at radius 3 is 2.71 bits per heavy atom. The standard InChI is InChI=1S/C21H19ClN4OS/c1-13-6-5-7-15(8-13)20-16(11-23)21(28-25-20)27-19-9-14(2)18(10-17(19)22)24-12-26(3)4/h5-10,12H,1-4H3/b24-12-. The van der Waals surface area contributed by atoms with Gasteiger partial charge in [-0.3, -0.25) is 0 Å². The van der Waals surface area contributed by atoms with Gasteiger partial charge in [-0.25, -0.2) is 4.99 Å². The van der Waals surface area contributed by atoms with E-state index in [9.17, 15) is 5.26 Å². The third kappa shape index (κ3) is 4.33. The van der Waals surface area contributed by atoms with E-state index >= 15 is 0 Å². The highest BCUT2D eigenvalue weighted by atomic mass is 35.5. The molecule has 0 aliphatic carbocycles. The molecule has 3 aromatic rings. The maximum Gasteiger partial charge on any atom is 0.218 e. The lowest BCUT2D eigenvalue weighted by Crippen LogP contribution is -2.07. The minimum Gasteiger partial charge on any atom is -0.442 e. The van der Waals surface area contributed by atoms with E-state index in [1.54, 1.807) is 12.4 Å². The molecule has 0 aliphatic heterocycles. The van der Waals surface area contributed by atoms with Crippen LogP contribution < -0.4 is 4.74 Å². The van der Waals surface area contributed by atoms with Gasteiger partial charge in [0, 0.05) is 31.2 Å². The van der Waals surface area contributed by atoms with Gasteiger partial charge in [0.15, 0.2) is 0 Å². The molecule has 0 radical (unpaired) electrons. The number of halogens is 1. The maximum atomic E-state index is 9.67. The Morgan fingerprint density at radius 1 is 1.25 bits per heavy atom. The molecule has 5 nitrogen and oxygen atoms in total. The van der Waals surface area contributed by atoms with Gasteiger partial charge in [-0.1, -0.05) is 35.4 Å². The Labute approximate surface area is 173 Å². The number of nitrogens with zero attached hydrogens (tertiary/aromatic N) is 4. The summed E-state index contributed by atoms with van der Waals surface area (Å²) in [5.41, 5.74) is 4.68. The Kier molecular flexibility index (Phi) is 5.98. The number of aromatic nitrogens is 1. The van der Waals surface area contributed by atoms with Crippen LogP contribution in [0.1, 0.15) is 16.7 Å². The Hall–Kier alpha value is -2.88. The molecule has 0 N–H and O–H groups in total. The van der Waals surface area contributed by atoms with Gasteiger partial charge >= 0.3 is 0 Å². The van der Waals surface area contributed by atoms with Crippen LogP contribution in [0.4, 0.5) is 5.69 Å². The van der Waals surface area contributed by atoms with E-state index < -0.39 is 0 Å². The minimum atomic E-state index is 0.402. The highest BCUT2D eigenvalue weighted by Gasteiger charge is 2.19. The zero-order valence-electron chi connectivity index (χ0n) is 16.0. The Morgan fingerprint density at radius 2 is 2.04 bits per heavy atom. The number of aryl methyl sites for hydroxylation is 2. The minimum absolute atomic E-state index is 0.402. The van der Waals surface area contributed by atoms with E-state index in [4.69, 9.17) is 16.3 Å². The van der Waals surface area contributed by atoms with Crippen LogP contribution in [-0.2, 0) is 0 Å². The molecule has 0 amide bonds. The SMILES string of the molecule is Cc1cccc(-c2nsc(Oc3cc(C)c(/N=C\N(C)C)cc3Cl)c2C#N)c1. The fraction of sp³-hybridized carbons (Fsp3) is 0.190. The van der Waals surface area contributed by atoms with Gasteiger partial charge in [0.1, 0.15) is 23.1 Å². The van der Waals surface area contributed by atoms with Crippen molar-refractivity contribution in [3.63, 3.8) is 0 Å². The van der Waals surface area contributed by atoms with E-state index in [1.165, 1.54) is 0 Å². The first kappa shape index (κ1) is 19.9. The second-order valence-electron chi connectivity index (χ2n) is 6.55. The summed E-state index contributed by atoms with van der Waals surface area (Å²) in [5, 5.41) is 10.5. The van der Waals surface area contributed by atoms with Gasteiger partial charge < -0.3 is 9.64 Å². The zero-order chi connectivity index (χ0) is 20.3. The second-order valence-corrected chi connectivity index (χ2v) is 7.70. The van der Waals surface area contributed by atoms with E-state index in [-0.39, 0.29) is 0 Å². The zero-order valence-corrected chi connectivity index (χ0v) is 17.6. The molecular formula is C21H19ClN4OS. The summed E-state index contributed by atoms with van der Waals surface area (Å²) < 4.78 is 10.4. The largest absolute Gasteiger partial charge is 0.442 e. The topological polar surface area (TPSA) is 61.5 Å². The number of hydrogen-bond acceptors (Lipinski definition) is 5. The second kappa shape index (κ2) is 8.42. The Bertz CT molecular complexity index is 1080. The van der Waals surface area contributed by atoms with Crippen LogP contribution in [-0.4, -0.2) is 29.7 Å². The van der Waals surface area contributed by atoms with Crippen molar-refractivity contribution < 1.29 is 4.74 Å². The molecule has 3 rings (SSSR count). The van der Waals surface area contributed by atoms with E-state index in [0.717, 1.165) is 33.9 Å². The fourth-order valence-electron chi connectivity index (χ4n) is 2.57. The van der Waals surface area contributed by atoms with E-state index in [2.05, 4.69) is 15.4 Å². The van der Waals surface area contributed by atoms with Crippen molar-refractivity contribution in [1.29, 1.82) is 5.26 Å². The van der Waals surface area contributed by atoms with Gasteiger partial charge in [-0.15, -0.1) is 0 Å². The average molecular weight is 411 g/mol. The molecule has 2 aromatic carbocycles. The van der Waals surface area contributed by atoms with E-state index in [1.807, 2.05) is 63.2 Å². The smallest absolute Gasteiger partial charge is 0.218 e. The number of rotatable bonds is 5. The lowest BCUT2D eigenvalue weighted by Gasteiger charge is -2.10. The Balaban J connectivity index is 1.95. The van der Waals surface area contributed by atoms with Crippen molar-refractivity contribution >= 4 is 35.2 Å². The molecule has 0 bridgehead atoms. The molecule has 0 fully saturated rings. The van der Waals surface area contributed by atoms with Crippen LogP contribution in [0, 0.1) is 25.2 Å². The van der Waals surface area contributed by atoms with Gasteiger partial charge in [-0.2, -0.15) is 9.64 Å². The summed E-state index contributed by atoms with van der Waals surface area (Å²) >= 11 is 7.54. The number of nitriles is 1. The highest BCUT2D eigenvalue weighted by molar-refractivity contribution is 7.08. The van der Waals surface area contributed by atoms with Crippen molar-refractivity contribution in [3.05, 3.63) is 58.1 Å². The summed E-state index contributed by atoms with van der Waals surface area (Å²) in [6.45, 7) is 3.93. The highest BCUT2D eigenvalue weighted by Crippen LogP contribution is 2.40. The maximum absolute atomic E-state index is 9.67. The van der Waals surface area contributed by atoms with Gasteiger partial charge in [0.25, 0.3) is 0 Å². The van der Waals surface area contributed by atoms with Crippen LogP contribution in [0.15, 0.2) is 41.4 Å². The third-order valence-electron chi connectivity index (χ3n) is 3.94. The molecule has 0 spiro atoms. The van der Waals surface area contributed by atoms with Crippen LogP contribution in [0.3, 0.4) is 0 Å². The number of hydrogen-bond donors (Lipinski definition) is 0. The molecule has 142 valence electrons. The molecule has 0 atom stereocenters. The van der Waals surface area contributed by atoms with Crippen molar-refractivity contribution in [1.82, 2.24) is 9.27 Å². The van der Waals surface area contributed by atoms with Crippen LogP contribution in [0.2, 0.25) is 5.02 Å². The normalized spacial score (nSPS) is 10.9. The first-order valence-electron chi connectivity index (χ1n) is 8.54. The predicted octanol–water partition coefficient (Wildman–Crippen LogP) is 5.97. The van der Waals surface area contributed by atoms with Crippen LogP contribution in [0.25, 0.3) is 11.3 Å². The molecule has 0 saturated heterocycles. The average Bonchev–Trinajstić information content (AvgIpc) is 3.05. The van der Waals surface area contributed by atoms with Crippen molar-refractivity contribution in [3.8, 4) is 28.1 Å². The summed E-state index contributed by atoms with van der Waals surface area (Å²) in [5.74, 6) is 0.471. The molecule has 0 unspecified atom stereocenters.